The molecule has 1 aromatic heterocycles. The van der Waals surface area contributed by atoms with Crippen LogP contribution in [0, 0.1) is 6.92 Å². The Balaban J connectivity index is 0.000000269. The molecular weight excluding hydrogens is 464 g/mol. The molecule has 0 bridgehead atoms. The molecule has 164 valence electrons. The van der Waals surface area contributed by atoms with E-state index in [1.165, 1.54) is 18.4 Å². The van der Waals surface area contributed by atoms with Crippen LogP contribution in [-0.4, -0.2) is 10.5 Å². The quantitative estimate of drug-likeness (QED) is 0.352. The molecule has 0 saturated carbocycles. The van der Waals surface area contributed by atoms with Gasteiger partial charge in [-0.3, -0.25) is 14.2 Å². The molecule has 0 atom stereocenters. The minimum absolute atomic E-state index is 0.158. The van der Waals surface area contributed by atoms with E-state index >= 15 is 0 Å². The zero-order valence-electron chi connectivity index (χ0n) is 18.3. The zero-order chi connectivity index (χ0) is 23.1. The van der Waals surface area contributed by atoms with Crippen molar-refractivity contribution in [3.8, 4) is 5.69 Å². The van der Waals surface area contributed by atoms with Gasteiger partial charge in [0.2, 0.25) is 0 Å². The lowest BCUT2D eigenvalue weighted by Crippen LogP contribution is -2.27. The first-order valence-corrected chi connectivity index (χ1v) is 11.7. The van der Waals surface area contributed by atoms with Gasteiger partial charge in [0.25, 0.3) is 11.5 Å². The van der Waals surface area contributed by atoms with Crippen molar-refractivity contribution in [2.24, 2.45) is 5.73 Å². The van der Waals surface area contributed by atoms with Crippen LogP contribution in [0.4, 0.5) is 0 Å². The number of primary amides is 1. The van der Waals surface area contributed by atoms with Gasteiger partial charge < -0.3 is 5.73 Å². The minimum atomic E-state index is -0.544. The first-order chi connectivity index (χ1) is 15.5. The predicted molar refractivity (Wildman–Crippen MR) is 136 cm³/mol. The first kappa shape index (κ1) is 23.5. The van der Waals surface area contributed by atoms with Crippen molar-refractivity contribution in [2.45, 2.75) is 32.0 Å². The first-order valence-electron chi connectivity index (χ1n) is 10.6. The second kappa shape index (κ2) is 10.9. The predicted octanol–water partition coefficient (Wildman–Crippen LogP) is 5.93. The highest BCUT2D eigenvalue weighted by Gasteiger charge is 2.20. The van der Waals surface area contributed by atoms with E-state index in [2.05, 4.69) is 53.2 Å². The molecule has 0 spiro atoms. The number of aromatic nitrogens is 1. The highest BCUT2D eigenvalue weighted by molar-refractivity contribution is 9.08. The Kier molecular flexibility index (Phi) is 8.01. The van der Waals surface area contributed by atoms with E-state index < -0.39 is 5.91 Å². The zero-order valence-corrected chi connectivity index (χ0v) is 19.9. The average molecular weight is 491 g/mol. The molecular formula is C27H27BrN2O2. The summed E-state index contributed by atoms with van der Waals surface area (Å²) in [5.41, 5.74) is 9.54. The number of fused-ring (bicyclic) bond motifs is 1. The fraction of sp³-hybridized carbons (Fsp3) is 0.185. The van der Waals surface area contributed by atoms with E-state index in [0.717, 1.165) is 11.3 Å². The van der Waals surface area contributed by atoms with E-state index in [4.69, 9.17) is 5.73 Å². The van der Waals surface area contributed by atoms with Gasteiger partial charge in [0, 0.05) is 16.1 Å². The summed E-state index contributed by atoms with van der Waals surface area (Å²) in [6.07, 6.45) is 2.45. The molecule has 1 heterocycles. The van der Waals surface area contributed by atoms with Gasteiger partial charge in [-0.05, 0) is 36.6 Å². The van der Waals surface area contributed by atoms with Gasteiger partial charge in [0.1, 0.15) is 0 Å². The smallest absolute Gasteiger partial charge is 0.263 e. The molecule has 4 nitrogen and oxygen atoms in total. The molecule has 32 heavy (non-hydrogen) atoms. The van der Waals surface area contributed by atoms with E-state index in [1.54, 1.807) is 28.8 Å². The summed E-state index contributed by atoms with van der Waals surface area (Å²) in [5.74, 6) is -0.544. The molecule has 4 rings (SSSR count). The maximum absolute atomic E-state index is 13.0. The number of hydrogen-bond donors (Lipinski definition) is 1. The summed E-state index contributed by atoms with van der Waals surface area (Å²) in [6.45, 7) is 4.13. The number of para-hydroxylation sites is 1. The third-order valence-electron chi connectivity index (χ3n) is 5.30. The molecule has 0 aliphatic carbocycles. The number of carbonyl (C=O) groups excluding carboxylic acids is 1. The Bertz CT molecular complexity index is 1280. The Hall–Kier alpha value is -3.18. The summed E-state index contributed by atoms with van der Waals surface area (Å²) in [7, 11) is 0. The number of alkyl halides is 1. The van der Waals surface area contributed by atoms with Crippen molar-refractivity contribution in [2.75, 3.05) is 0 Å². The van der Waals surface area contributed by atoms with Crippen molar-refractivity contribution in [3.63, 3.8) is 0 Å². The number of nitrogens with zero attached hydrogens (tertiary/aromatic N) is 1. The summed E-state index contributed by atoms with van der Waals surface area (Å²) in [4.78, 5) is 25.1. The lowest BCUT2D eigenvalue weighted by Gasteiger charge is -2.18. The second-order valence-electron chi connectivity index (χ2n) is 7.53. The molecule has 0 saturated heterocycles. The molecule has 0 radical (unpaired) electrons. The number of halogens is 1. The number of carbonyl (C=O) groups is 1. The Labute approximate surface area is 196 Å². The van der Waals surface area contributed by atoms with Crippen LogP contribution in [0.25, 0.3) is 16.5 Å². The molecule has 2 N–H and O–H groups in total. The van der Waals surface area contributed by atoms with Crippen LogP contribution in [0.15, 0.2) is 83.7 Å². The Morgan fingerprint density at radius 2 is 1.50 bits per heavy atom. The molecule has 4 aromatic rings. The second-order valence-corrected chi connectivity index (χ2v) is 8.09. The number of benzene rings is 3. The summed E-state index contributed by atoms with van der Waals surface area (Å²) >= 11 is 3.40. The van der Waals surface area contributed by atoms with Crippen molar-refractivity contribution < 1.29 is 4.79 Å². The Morgan fingerprint density at radius 3 is 2.09 bits per heavy atom. The van der Waals surface area contributed by atoms with Gasteiger partial charge in [-0.1, -0.05) is 96.0 Å². The summed E-state index contributed by atoms with van der Waals surface area (Å²) < 4.78 is 1.58. The van der Waals surface area contributed by atoms with Crippen molar-refractivity contribution in [3.05, 3.63) is 112 Å². The van der Waals surface area contributed by atoms with Crippen molar-refractivity contribution in [1.82, 2.24) is 4.57 Å². The number of aryl methyl sites for hydroxylation is 2. The number of amides is 1. The van der Waals surface area contributed by atoms with Crippen molar-refractivity contribution in [1.29, 1.82) is 0 Å². The molecule has 0 fully saturated rings. The van der Waals surface area contributed by atoms with Gasteiger partial charge in [-0.15, -0.1) is 0 Å². The maximum Gasteiger partial charge on any atom is 0.263 e. The highest BCUT2D eigenvalue weighted by atomic mass is 79.9. The lowest BCUT2D eigenvalue weighted by molar-refractivity contribution is 0.100. The van der Waals surface area contributed by atoms with Gasteiger partial charge in [-0.2, -0.15) is 0 Å². The van der Waals surface area contributed by atoms with Crippen LogP contribution in [0.2, 0.25) is 0 Å². The fourth-order valence-electron chi connectivity index (χ4n) is 3.80. The molecule has 0 aliphatic rings. The number of nitrogens with two attached hydrogens (primary N) is 1. The van der Waals surface area contributed by atoms with Gasteiger partial charge in [-0.25, -0.2) is 0 Å². The monoisotopic (exact) mass is 490 g/mol. The van der Waals surface area contributed by atoms with Crippen LogP contribution < -0.4 is 11.3 Å². The maximum atomic E-state index is 13.0. The topological polar surface area (TPSA) is 65.1 Å². The average Bonchev–Trinajstić information content (AvgIpc) is 2.81. The number of pyridine rings is 1. The molecule has 5 heteroatoms. The highest BCUT2D eigenvalue weighted by Crippen LogP contribution is 2.25. The standard InChI is InChI=1S/C18H15BrN2O2.C9H12/c1-11-6-2-5-9-14(11)21-15(10-19)16(17(20)22)12-7-3-4-8-13(12)18(21)23;1-2-6-9-7-4-3-5-8-9/h2-9H,10H2,1H3,(H2,20,22);3-5,7-8H,2,6H2,1H3. The lowest BCUT2D eigenvalue weighted by atomic mass is 10.0. The normalized spacial score (nSPS) is 10.5. The van der Waals surface area contributed by atoms with Crippen LogP contribution in [0.3, 0.4) is 0 Å². The molecule has 0 aliphatic heterocycles. The van der Waals surface area contributed by atoms with Crippen LogP contribution in [0.5, 0.6) is 0 Å². The number of hydrogen-bond acceptors (Lipinski definition) is 2. The van der Waals surface area contributed by atoms with E-state index in [1.807, 2.05) is 31.2 Å². The number of rotatable bonds is 5. The van der Waals surface area contributed by atoms with Crippen LogP contribution in [0.1, 0.15) is 40.5 Å². The van der Waals surface area contributed by atoms with Crippen LogP contribution >= 0.6 is 15.9 Å². The largest absolute Gasteiger partial charge is 0.366 e. The minimum Gasteiger partial charge on any atom is -0.366 e. The molecule has 3 aromatic carbocycles. The van der Waals surface area contributed by atoms with Gasteiger partial charge in [0.05, 0.1) is 16.9 Å². The summed E-state index contributed by atoms with van der Waals surface area (Å²) in [5, 5.41) is 1.41. The van der Waals surface area contributed by atoms with Gasteiger partial charge >= 0.3 is 0 Å². The van der Waals surface area contributed by atoms with Crippen LogP contribution in [-0.2, 0) is 11.8 Å². The third kappa shape index (κ3) is 5.00. The van der Waals surface area contributed by atoms with Gasteiger partial charge in [0.15, 0.2) is 0 Å². The summed E-state index contributed by atoms with van der Waals surface area (Å²) in [6, 6.07) is 25.2. The van der Waals surface area contributed by atoms with E-state index in [0.29, 0.717) is 27.4 Å². The third-order valence-corrected chi connectivity index (χ3v) is 5.83. The van der Waals surface area contributed by atoms with Crippen molar-refractivity contribution >= 4 is 32.6 Å². The van der Waals surface area contributed by atoms with E-state index in [-0.39, 0.29) is 5.56 Å². The SMILES string of the molecule is CCCc1ccccc1.Cc1ccccc1-n1c(CBr)c(C(N)=O)c2ccccc2c1=O. The molecule has 0 unspecified atom stereocenters. The molecule has 1 amide bonds. The van der Waals surface area contributed by atoms with E-state index in [9.17, 15) is 9.59 Å². The fourth-order valence-corrected chi connectivity index (χ4v) is 4.33. The Morgan fingerprint density at radius 1 is 0.906 bits per heavy atom.